The Labute approximate surface area is 199 Å². The van der Waals surface area contributed by atoms with Crippen LogP contribution in [0.25, 0.3) is 5.57 Å². The molecule has 0 spiro atoms. The van der Waals surface area contributed by atoms with E-state index < -0.39 is 0 Å². The van der Waals surface area contributed by atoms with Crippen molar-refractivity contribution < 1.29 is 14.3 Å². The molecule has 2 amide bonds. The molecule has 1 saturated heterocycles. The van der Waals surface area contributed by atoms with Crippen LogP contribution in [0.2, 0.25) is 0 Å². The minimum absolute atomic E-state index is 0.126. The second-order valence-corrected chi connectivity index (χ2v) is 9.67. The summed E-state index contributed by atoms with van der Waals surface area (Å²) >= 11 is 1.46. The average molecular weight is 469 g/mol. The molecule has 0 radical (unpaired) electrons. The third-order valence-electron chi connectivity index (χ3n) is 5.92. The quantitative estimate of drug-likeness (QED) is 0.449. The SMILES string of the molecule is CC(C)OCCCN1C(=O)C(Nc2ccc(N3CCN(C)CC3)cc2)=C(c2cccs2)C1=O. The van der Waals surface area contributed by atoms with Gasteiger partial charge >= 0.3 is 0 Å². The molecular formula is C25H32N4O3S. The smallest absolute Gasteiger partial charge is 0.278 e. The summed E-state index contributed by atoms with van der Waals surface area (Å²) in [5.41, 5.74) is 2.76. The first-order chi connectivity index (χ1) is 15.9. The summed E-state index contributed by atoms with van der Waals surface area (Å²) in [6.45, 7) is 8.89. The maximum absolute atomic E-state index is 13.2. The highest BCUT2D eigenvalue weighted by Crippen LogP contribution is 2.33. The van der Waals surface area contributed by atoms with E-state index in [1.54, 1.807) is 0 Å². The fourth-order valence-electron chi connectivity index (χ4n) is 4.05. The molecule has 7 nitrogen and oxygen atoms in total. The van der Waals surface area contributed by atoms with Gasteiger partial charge in [0.2, 0.25) is 0 Å². The van der Waals surface area contributed by atoms with Gasteiger partial charge in [-0.25, -0.2) is 0 Å². The molecule has 176 valence electrons. The predicted octanol–water partition coefficient (Wildman–Crippen LogP) is 3.51. The zero-order valence-corrected chi connectivity index (χ0v) is 20.4. The standard InChI is InChI=1S/C25H32N4O3S/c1-18(2)32-16-5-11-29-24(30)22(21-6-4-17-33-21)23(25(29)31)26-19-7-9-20(10-8-19)28-14-12-27(3)13-15-28/h4,6-10,17-18,26H,5,11-16H2,1-3H3. The molecule has 8 heteroatoms. The zero-order chi connectivity index (χ0) is 23.4. The number of hydrogen-bond donors (Lipinski definition) is 1. The molecule has 1 N–H and O–H groups in total. The summed E-state index contributed by atoms with van der Waals surface area (Å²) in [5, 5.41) is 5.17. The van der Waals surface area contributed by atoms with Gasteiger partial charge in [-0.1, -0.05) is 6.07 Å². The molecule has 2 aliphatic rings. The third-order valence-corrected chi connectivity index (χ3v) is 6.81. The number of piperazine rings is 1. The number of rotatable bonds is 9. The monoisotopic (exact) mass is 468 g/mol. The van der Waals surface area contributed by atoms with Gasteiger partial charge in [0, 0.05) is 55.6 Å². The Morgan fingerprint density at radius 2 is 1.76 bits per heavy atom. The van der Waals surface area contributed by atoms with Gasteiger partial charge in [-0.3, -0.25) is 14.5 Å². The van der Waals surface area contributed by atoms with E-state index in [1.807, 2.05) is 43.5 Å². The molecule has 1 aromatic carbocycles. The topological polar surface area (TPSA) is 65.1 Å². The van der Waals surface area contributed by atoms with Crippen LogP contribution >= 0.6 is 11.3 Å². The molecule has 2 aliphatic heterocycles. The van der Waals surface area contributed by atoms with Crippen LogP contribution in [-0.4, -0.2) is 74.1 Å². The fourth-order valence-corrected chi connectivity index (χ4v) is 4.82. The molecule has 1 fully saturated rings. The van der Waals surface area contributed by atoms with Crippen molar-refractivity contribution >= 4 is 40.1 Å². The van der Waals surface area contributed by atoms with Crippen molar-refractivity contribution in [1.82, 2.24) is 9.80 Å². The van der Waals surface area contributed by atoms with Gasteiger partial charge in [-0.15, -0.1) is 11.3 Å². The fraction of sp³-hybridized carbons (Fsp3) is 0.440. The molecule has 0 atom stereocenters. The van der Waals surface area contributed by atoms with E-state index in [2.05, 4.69) is 34.3 Å². The summed E-state index contributed by atoms with van der Waals surface area (Å²) in [5.74, 6) is -0.528. The van der Waals surface area contributed by atoms with E-state index >= 15 is 0 Å². The summed E-state index contributed by atoms with van der Waals surface area (Å²) in [4.78, 5) is 33.3. The Hall–Kier alpha value is -2.68. The Balaban J connectivity index is 1.50. The second kappa shape index (κ2) is 10.5. The van der Waals surface area contributed by atoms with Crippen LogP contribution in [0.5, 0.6) is 0 Å². The molecular weight excluding hydrogens is 436 g/mol. The van der Waals surface area contributed by atoms with E-state index in [1.165, 1.54) is 21.9 Å². The first kappa shape index (κ1) is 23.5. The van der Waals surface area contributed by atoms with Crippen LogP contribution in [0.1, 0.15) is 25.1 Å². The second-order valence-electron chi connectivity index (χ2n) is 8.72. The van der Waals surface area contributed by atoms with E-state index in [4.69, 9.17) is 4.74 Å². The number of thiophene rings is 1. The van der Waals surface area contributed by atoms with Gasteiger partial charge in [0.05, 0.1) is 11.7 Å². The van der Waals surface area contributed by atoms with Crippen LogP contribution in [0, 0.1) is 0 Å². The number of benzene rings is 1. The van der Waals surface area contributed by atoms with Crippen LogP contribution in [-0.2, 0) is 14.3 Å². The largest absolute Gasteiger partial charge is 0.379 e. The number of anilines is 2. The number of nitrogens with one attached hydrogen (secondary N) is 1. The molecule has 0 aliphatic carbocycles. The minimum atomic E-state index is -0.281. The number of ether oxygens (including phenoxy) is 1. The summed E-state index contributed by atoms with van der Waals surface area (Å²) in [6.07, 6.45) is 0.737. The van der Waals surface area contributed by atoms with Gasteiger partial charge < -0.3 is 19.9 Å². The van der Waals surface area contributed by atoms with Gasteiger partial charge in [0.25, 0.3) is 11.8 Å². The summed E-state index contributed by atoms with van der Waals surface area (Å²) in [6, 6.07) is 11.9. The van der Waals surface area contributed by atoms with Crippen molar-refractivity contribution in [1.29, 1.82) is 0 Å². The van der Waals surface area contributed by atoms with Crippen LogP contribution < -0.4 is 10.2 Å². The van der Waals surface area contributed by atoms with E-state index in [-0.39, 0.29) is 17.9 Å². The highest BCUT2D eigenvalue weighted by atomic mass is 32.1. The third kappa shape index (κ3) is 5.46. The van der Waals surface area contributed by atoms with Gasteiger partial charge in [-0.05, 0) is 63.0 Å². The maximum Gasteiger partial charge on any atom is 0.278 e. The Morgan fingerprint density at radius 3 is 2.39 bits per heavy atom. The molecule has 2 aromatic rings. The number of hydrogen-bond acceptors (Lipinski definition) is 7. The normalized spacial score (nSPS) is 17.6. The molecule has 0 saturated carbocycles. The Bertz CT molecular complexity index is 993. The first-order valence-corrected chi connectivity index (χ1v) is 12.4. The molecule has 33 heavy (non-hydrogen) atoms. The van der Waals surface area contributed by atoms with Crippen molar-refractivity contribution in [3.63, 3.8) is 0 Å². The lowest BCUT2D eigenvalue weighted by molar-refractivity contribution is -0.137. The molecule has 1 aromatic heterocycles. The molecule has 4 rings (SSSR count). The first-order valence-electron chi connectivity index (χ1n) is 11.5. The molecule has 3 heterocycles. The zero-order valence-electron chi connectivity index (χ0n) is 19.5. The van der Waals surface area contributed by atoms with Gasteiger partial charge in [0.15, 0.2) is 0 Å². The van der Waals surface area contributed by atoms with Crippen LogP contribution in [0.3, 0.4) is 0 Å². The van der Waals surface area contributed by atoms with Crippen molar-refractivity contribution in [2.24, 2.45) is 0 Å². The molecule has 0 unspecified atom stereocenters. The Morgan fingerprint density at radius 1 is 1.03 bits per heavy atom. The average Bonchev–Trinajstić information content (AvgIpc) is 3.40. The highest BCUT2D eigenvalue weighted by molar-refractivity contribution is 7.11. The summed E-state index contributed by atoms with van der Waals surface area (Å²) < 4.78 is 5.58. The van der Waals surface area contributed by atoms with Crippen molar-refractivity contribution in [2.45, 2.75) is 26.4 Å². The number of carbonyl (C=O) groups excluding carboxylic acids is 2. The van der Waals surface area contributed by atoms with Crippen molar-refractivity contribution in [3.05, 3.63) is 52.4 Å². The lowest BCUT2D eigenvalue weighted by Crippen LogP contribution is -2.44. The number of imide groups is 1. The summed E-state index contributed by atoms with van der Waals surface area (Å²) in [7, 11) is 2.14. The van der Waals surface area contributed by atoms with Gasteiger partial charge in [-0.2, -0.15) is 0 Å². The molecule has 0 bridgehead atoms. The van der Waals surface area contributed by atoms with Crippen LogP contribution in [0.15, 0.2) is 47.5 Å². The van der Waals surface area contributed by atoms with E-state index in [9.17, 15) is 9.59 Å². The van der Waals surface area contributed by atoms with Gasteiger partial charge in [0.1, 0.15) is 5.70 Å². The lowest BCUT2D eigenvalue weighted by atomic mass is 10.1. The number of nitrogens with zero attached hydrogens (tertiary/aromatic N) is 3. The lowest BCUT2D eigenvalue weighted by Gasteiger charge is -2.34. The minimum Gasteiger partial charge on any atom is -0.379 e. The predicted molar refractivity (Wildman–Crippen MR) is 133 cm³/mol. The van der Waals surface area contributed by atoms with Crippen molar-refractivity contribution in [2.75, 3.05) is 56.6 Å². The van der Waals surface area contributed by atoms with Crippen LogP contribution in [0.4, 0.5) is 11.4 Å². The highest BCUT2D eigenvalue weighted by Gasteiger charge is 2.39. The number of carbonyl (C=O) groups is 2. The van der Waals surface area contributed by atoms with E-state index in [0.717, 1.165) is 36.7 Å². The van der Waals surface area contributed by atoms with Crippen molar-refractivity contribution in [3.8, 4) is 0 Å². The Kier molecular flexibility index (Phi) is 7.47. The number of likely N-dealkylation sites (N-methyl/N-ethyl adjacent to an activating group) is 1. The maximum atomic E-state index is 13.2. The van der Waals surface area contributed by atoms with E-state index in [0.29, 0.717) is 30.8 Å². The number of amides is 2.